The number of nitrogens with zero attached hydrogens (tertiary/aromatic N) is 2. The van der Waals surface area contributed by atoms with Crippen molar-refractivity contribution in [2.24, 2.45) is 0 Å². The highest BCUT2D eigenvalue weighted by molar-refractivity contribution is 7.91. The van der Waals surface area contributed by atoms with Gasteiger partial charge in [-0.2, -0.15) is 0 Å². The average molecular weight is 387 g/mol. The van der Waals surface area contributed by atoms with Crippen LogP contribution in [0.5, 0.6) is 0 Å². The van der Waals surface area contributed by atoms with Gasteiger partial charge < -0.3 is 4.90 Å². The summed E-state index contributed by atoms with van der Waals surface area (Å²) in [6.45, 7) is 4.49. The second kappa shape index (κ2) is 7.80. The molecule has 1 aromatic carbocycles. The lowest BCUT2D eigenvalue weighted by atomic mass is 9.81. The van der Waals surface area contributed by atoms with E-state index in [9.17, 15) is 13.2 Å². The first-order valence-electron chi connectivity index (χ1n) is 9.21. The molecule has 0 aliphatic carbocycles. The van der Waals surface area contributed by atoms with Gasteiger partial charge >= 0.3 is 0 Å². The van der Waals surface area contributed by atoms with Crippen molar-refractivity contribution in [3.63, 3.8) is 0 Å². The van der Waals surface area contributed by atoms with Crippen LogP contribution in [0, 0.1) is 0 Å². The van der Waals surface area contributed by atoms with E-state index in [4.69, 9.17) is 0 Å². The van der Waals surface area contributed by atoms with Crippen LogP contribution in [0.4, 0.5) is 0 Å². The van der Waals surface area contributed by atoms with E-state index in [0.717, 1.165) is 11.1 Å². The fraction of sp³-hybridized carbons (Fsp3) is 0.429. The summed E-state index contributed by atoms with van der Waals surface area (Å²) in [4.78, 5) is 19.1. The number of benzene rings is 1. The minimum absolute atomic E-state index is 0.0187. The van der Waals surface area contributed by atoms with Crippen LogP contribution in [0.3, 0.4) is 0 Å². The molecule has 0 saturated carbocycles. The van der Waals surface area contributed by atoms with Gasteiger partial charge in [0.1, 0.15) is 0 Å². The van der Waals surface area contributed by atoms with Crippen molar-refractivity contribution in [3.05, 3.63) is 66.0 Å². The highest BCUT2D eigenvalue weighted by Gasteiger charge is 2.36. The molecule has 1 atom stereocenters. The Morgan fingerprint density at radius 1 is 1.19 bits per heavy atom. The predicted molar refractivity (Wildman–Crippen MR) is 106 cm³/mol. The minimum atomic E-state index is -3.07. The Kier molecular flexibility index (Phi) is 5.65. The molecule has 0 bridgehead atoms. The van der Waals surface area contributed by atoms with E-state index in [-0.39, 0.29) is 28.9 Å². The summed E-state index contributed by atoms with van der Waals surface area (Å²) < 4.78 is 24.0. The summed E-state index contributed by atoms with van der Waals surface area (Å²) in [6.07, 6.45) is 4.24. The SMILES string of the molecule is CC(C)(CC(=O)N(Cc1cccnc1)C1CCS(=O)(=O)C1)c1ccccc1. The number of pyridine rings is 1. The molecule has 1 unspecified atom stereocenters. The number of carbonyl (C=O) groups excluding carboxylic acids is 1. The molecule has 1 aliphatic heterocycles. The van der Waals surface area contributed by atoms with E-state index in [2.05, 4.69) is 4.98 Å². The van der Waals surface area contributed by atoms with Crippen molar-refractivity contribution in [2.45, 2.75) is 44.7 Å². The number of rotatable bonds is 6. The molecule has 1 fully saturated rings. The van der Waals surface area contributed by atoms with Crippen LogP contribution in [-0.4, -0.2) is 41.8 Å². The number of hydrogen-bond acceptors (Lipinski definition) is 4. The third kappa shape index (κ3) is 4.95. The zero-order valence-electron chi connectivity index (χ0n) is 15.8. The maximum atomic E-state index is 13.2. The zero-order chi connectivity index (χ0) is 19.5. The van der Waals surface area contributed by atoms with Crippen molar-refractivity contribution in [1.29, 1.82) is 0 Å². The Morgan fingerprint density at radius 3 is 2.52 bits per heavy atom. The van der Waals surface area contributed by atoms with Crippen LogP contribution in [0.1, 0.15) is 37.8 Å². The van der Waals surface area contributed by atoms with E-state index in [1.165, 1.54) is 0 Å². The lowest BCUT2D eigenvalue weighted by Crippen LogP contribution is -2.42. The smallest absolute Gasteiger partial charge is 0.224 e. The molecular formula is C21H26N2O3S. The molecule has 27 heavy (non-hydrogen) atoms. The second-order valence-electron chi connectivity index (χ2n) is 7.87. The van der Waals surface area contributed by atoms with Gasteiger partial charge in [0.15, 0.2) is 9.84 Å². The number of hydrogen-bond donors (Lipinski definition) is 0. The second-order valence-corrected chi connectivity index (χ2v) is 10.1. The summed E-state index contributed by atoms with van der Waals surface area (Å²) >= 11 is 0. The Bertz CT molecular complexity index is 880. The van der Waals surface area contributed by atoms with Gasteiger partial charge in [-0.1, -0.05) is 50.2 Å². The van der Waals surface area contributed by atoms with Crippen molar-refractivity contribution in [3.8, 4) is 0 Å². The average Bonchev–Trinajstić information content (AvgIpc) is 3.00. The van der Waals surface area contributed by atoms with E-state index in [0.29, 0.717) is 19.4 Å². The van der Waals surface area contributed by atoms with Gasteiger partial charge in [-0.3, -0.25) is 9.78 Å². The summed E-state index contributed by atoms with van der Waals surface area (Å²) in [6, 6.07) is 13.4. The maximum Gasteiger partial charge on any atom is 0.224 e. The molecule has 1 saturated heterocycles. The zero-order valence-corrected chi connectivity index (χ0v) is 16.7. The summed E-state index contributed by atoms with van der Waals surface area (Å²) in [5, 5.41) is 0. The molecule has 0 N–H and O–H groups in total. The quantitative estimate of drug-likeness (QED) is 0.765. The molecule has 0 radical (unpaired) electrons. The van der Waals surface area contributed by atoms with Crippen LogP contribution in [-0.2, 0) is 26.6 Å². The van der Waals surface area contributed by atoms with Crippen molar-refractivity contribution < 1.29 is 13.2 Å². The Morgan fingerprint density at radius 2 is 1.93 bits per heavy atom. The van der Waals surface area contributed by atoms with Crippen LogP contribution >= 0.6 is 0 Å². The van der Waals surface area contributed by atoms with Crippen LogP contribution in [0.2, 0.25) is 0 Å². The molecule has 1 aromatic heterocycles. The standard InChI is InChI=1S/C21H26N2O3S/c1-21(2,18-8-4-3-5-9-18)13-20(24)23(15-17-7-6-11-22-14-17)19-10-12-27(25,26)16-19/h3-9,11,14,19H,10,12-13,15-16H2,1-2H3. The molecule has 0 spiro atoms. The fourth-order valence-corrected chi connectivity index (χ4v) is 5.33. The topological polar surface area (TPSA) is 67.3 Å². The Balaban J connectivity index is 1.82. The lowest BCUT2D eigenvalue weighted by molar-refractivity contribution is -0.135. The van der Waals surface area contributed by atoms with Crippen LogP contribution in [0.25, 0.3) is 0 Å². The van der Waals surface area contributed by atoms with E-state index >= 15 is 0 Å². The Hall–Kier alpha value is -2.21. The fourth-order valence-electron chi connectivity index (χ4n) is 3.60. The van der Waals surface area contributed by atoms with Crippen molar-refractivity contribution >= 4 is 15.7 Å². The van der Waals surface area contributed by atoms with Gasteiger partial charge in [0.05, 0.1) is 11.5 Å². The van der Waals surface area contributed by atoms with Gasteiger partial charge in [0.2, 0.25) is 5.91 Å². The van der Waals surface area contributed by atoms with Crippen LogP contribution in [0.15, 0.2) is 54.9 Å². The number of carbonyl (C=O) groups is 1. The molecule has 3 rings (SSSR count). The van der Waals surface area contributed by atoms with Crippen LogP contribution < -0.4 is 0 Å². The van der Waals surface area contributed by atoms with E-state index in [1.807, 2.05) is 56.3 Å². The highest BCUT2D eigenvalue weighted by atomic mass is 32.2. The third-order valence-corrected chi connectivity index (χ3v) is 6.94. The first-order valence-corrected chi connectivity index (χ1v) is 11.0. The van der Waals surface area contributed by atoms with E-state index in [1.54, 1.807) is 17.3 Å². The van der Waals surface area contributed by atoms with Gasteiger partial charge in [-0.15, -0.1) is 0 Å². The molecule has 1 amide bonds. The molecule has 2 aromatic rings. The molecular weight excluding hydrogens is 360 g/mol. The molecule has 144 valence electrons. The summed E-state index contributed by atoms with van der Waals surface area (Å²) in [7, 11) is -3.07. The first kappa shape index (κ1) is 19.5. The number of amides is 1. The molecule has 5 nitrogen and oxygen atoms in total. The molecule has 1 aliphatic rings. The van der Waals surface area contributed by atoms with Gasteiger partial charge in [0, 0.05) is 31.4 Å². The highest BCUT2D eigenvalue weighted by Crippen LogP contribution is 2.29. The van der Waals surface area contributed by atoms with Gasteiger partial charge in [0.25, 0.3) is 0 Å². The predicted octanol–water partition coefficient (Wildman–Crippen LogP) is 2.97. The van der Waals surface area contributed by atoms with Gasteiger partial charge in [-0.05, 0) is 29.0 Å². The molecule has 6 heteroatoms. The summed E-state index contributed by atoms with van der Waals surface area (Å²) in [5.74, 6) is 0.177. The number of sulfone groups is 1. The normalized spacial score (nSPS) is 19.0. The minimum Gasteiger partial charge on any atom is -0.334 e. The number of aromatic nitrogens is 1. The van der Waals surface area contributed by atoms with Crippen molar-refractivity contribution in [2.75, 3.05) is 11.5 Å². The van der Waals surface area contributed by atoms with E-state index < -0.39 is 9.84 Å². The van der Waals surface area contributed by atoms with Crippen molar-refractivity contribution in [1.82, 2.24) is 9.88 Å². The Labute approximate surface area is 161 Å². The lowest BCUT2D eigenvalue weighted by Gasteiger charge is -2.33. The summed E-state index contributed by atoms with van der Waals surface area (Å²) in [5.41, 5.74) is 1.68. The van der Waals surface area contributed by atoms with Gasteiger partial charge in [-0.25, -0.2) is 8.42 Å². The third-order valence-electron chi connectivity index (χ3n) is 5.19. The first-order chi connectivity index (χ1) is 12.8. The maximum absolute atomic E-state index is 13.2. The largest absolute Gasteiger partial charge is 0.334 e. The monoisotopic (exact) mass is 386 g/mol. The molecule has 2 heterocycles.